The van der Waals surface area contributed by atoms with Crippen LogP contribution in [0.15, 0.2) is 72.5 Å². The van der Waals surface area contributed by atoms with Crippen molar-refractivity contribution in [2.75, 3.05) is 26.9 Å². The molecule has 61 heavy (non-hydrogen) atoms. The molecule has 0 unspecified atom stereocenters. The molecule has 0 aromatic heterocycles. The highest BCUT2D eigenvalue weighted by molar-refractivity contribution is 5.98. The van der Waals surface area contributed by atoms with Gasteiger partial charge in [0, 0.05) is 44.7 Å². The van der Waals surface area contributed by atoms with E-state index >= 15 is 0 Å². The summed E-state index contributed by atoms with van der Waals surface area (Å²) in [5.74, 6) is -2.94. The van der Waals surface area contributed by atoms with Crippen molar-refractivity contribution >= 4 is 29.8 Å². The lowest BCUT2D eigenvalue weighted by Gasteiger charge is -2.34. The first-order valence-electron chi connectivity index (χ1n) is 21.9. The summed E-state index contributed by atoms with van der Waals surface area (Å²) >= 11 is 0. The summed E-state index contributed by atoms with van der Waals surface area (Å²) in [7, 11) is 1.56. The zero-order valence-electron chi connectivity index (χ0n) is 36.9. The number of aliphatic hydroxyl groups is 2. The van der Waals surface area contributed by atoms with Crippen LogP contribution in [0.5, 0.6) is 0 Å². The smallest absolute Gasteiger partial charge is 0.339 e. The van der Waals surface area contributed by atoms with Gasteiger partial charge in [-0.1, -0.05) is 88.1 Å². The lowest BCUT2D eigenvalue weighted by atomic mass is 9.90. The standard InChI is InChI=1S/C48H68N2O11/c1-7-9-16-25-48(26-17-10-8-2)59-41-32-36(31-40(43(41)61-48)58-46(56)38-21-15-14-20-35(38)24-28-57-29-27-51)45(55)50(6)39(30-34-18-12-11-13-19-34)44(54)49-37(33-52)22-23-42(53)60-47(3,4)5/h11-15,18-21,24,28,32,37,39-41,43,51-52H,7-10,16-17,22-23,25-27,29-31,33H2,1-6H3,(H,49,54)/t37-,39+,40+,41+,43-/m0/s1. The monoisotopic (exact) mass is 848 g/mol. The van der Waals surface area contributed by atoms with E-state index in [1.165, 1.54) is 11.2 Å². The van der Waals surface area contributed by atoms with E-state index in [4.69, 9.17) is 28.8 Å². The van der Waals surface area contributed by atoms with Gasteiger partial charge in [-0.05, 0) is 69.4 Å². The van der Waals surface area contributed by atoms with Crippen molar-refractivity contribution in [2.24, 2.45) is 0 Å². The predicted octanol–water partition coefficient (Wildman–Crippen LogP) is 6.83. The Balaban J connectivity index is 1.66. The van der Waals surface area contributed by atoms with E-state index in [1.54, 1.807) is 64.2 Å². The van der Waals surface area contributed by atoms with Crippen LogP contribution in [0.4, 0.5) is 0 Å². The third kappa shape index (κ3) is 15.1. The highest BCUT2D eigenvalue weighted by atomic mass is 16.8. The molecule has 13 nitrogen and oxygen atoms in total. The molecule has 13 heteroatoms. The zero-order valence-corrected chi connectivity index (χ0v) is 36.9. The summed E-state index contributed by atoms with van der Waals surface area (Å²) in [4.78, 5) is 56.8. The third-order valence-corrected chi connectivity index (χ3v) is 10.8. The number of nitrogens with one attached hydrogen (secondary N) is 1. The number of hydrogen-bond donors (Lipinski definition) is 3. The van der Waals surface area contributed by atoms with Gasteiger partial charge < -0.3 is 44.1 Å². The third-order valence-electron chi connectivity index (χ3n) is 10.8. The average Bonchev–Trinajstić information content (AvgIpc) is 3.61. The Bertz CT molecular complexity index is 1760. The summed E-state index contributed by atoms with van der Waals surface area (Å²) < 4.78 is 30.7. The second kappa shape index (κ2) is 24.2. The van der Waals surface area contributed by atoms with E-state index in [-0.39, 0.29) is 44.5 Å². The first-order chi connectivity index (χ1) is 29.2. The molecule has 5 atom stereocenters. The lowest BCUT2D eigenvalue weighted by molar-refractivity contribution is -0.190. The summed E-state index contributed by atoms with van der Waals surface area (Å²) in [5, 5.41) is 22.2. The number of rotatable bonds is 24. The quantitative estimate of drug-likeness (QED) is 0.0575. The Morgan fingerprint density at radius 1 is 0.951 bits per heavy atom. The van der Waals surface area contributed by atoms with Crippen molar-refractivity contribution in [1.82, 2.24) is 10.2 Å². The normalized spacial score (nSPS) is 19.3. The molecule has 0 saturated carbocycles. The van der Waals surface area contributed by atoms with Gasteiger partial charge in [-0.3, -0.25) is 14.4 Å². The Hall–Kier alpha value is -4.56. The van der Waals surface area contributed by atoms with Gasteiger partial charge in [-0.15, -0.1) is 0 Å². The number of ether oxygens (including phenoxy) is 5. The van der Waals surface area contributed by atoms with Crippen LogP contribution in [0.1, 0.15) is 127 Å². The first-order valence-corrected chi connectivity index (χ1v) is 21.9. The van der Waals surface area contributed by atoms with E-state index in [1.807, 2.05) is 30.3 Å². The van der Waals surface area contributed by atoms with E-state index in [0.717, 1.165) is 44.1 Å². The molecule has 0 radical (unpaired) electrons. The number of hydrogen-bond acceptors (Lipinski definition) is 11. The molecule has 2 aromatic rings. The maximum Gasteiger partial charge on any atom is 0.339 e. The van der Waals surface area contributed by atoms with E-state index in [0.29, 0.717) is 24.0 Å². The minimum absolute atomic E-state index is 0.00584. The number of benzene rings is 2. The second-order valence-electron chi connectivity index (χ2n) is 16.9. The summed E-state index contributed by atoms with van der Waals surface area (Å²) in [5.41, 5.74) is 1.27. The molecule has 1 heterocycles. The number of amides is 2. The van der Waals surface area contributed by atoms with Crippen molar-refractivity contribution < 1.29 is 53.1 Å². The van der Waals surface area contributed by atoms with Gasteiger partial charge in [0.2, 0.25) is 11.8 Å². The number of aliphatic hydroxyl groups excluding tert-OH is 2. The van der Waals surface area contributed by atoms with Crippen LogP contribution in [0.2, 0.25) is 0 Å². The van der Waals surface area contributed by atoms with Crippen LogP contribution in [0.3, 0.4) is 0 Å². The van der Waals surface area contributed by atoms with Crippen molar-refractivity contribution in [2.45, 2.75) is 153 Å². The molecular formula is C48H68N2O11. The van der Waals surface area contributed by atoms with Crippen LogP contribution in [-0.2, 0) is 44.5 Å². The molecule has 1 aliphatic carbocycles. The molecule has 2 aliphatic rings. The maximum atomic E-state index is 14.7. The summed E-state index contributed by atoms with van der Waals surface area (Å²) in [6.07, 6.45) is 9.86. The van der Waals surface area contributed by atoms with Gasteiger partial charge in [0.1, 0.15) is 36.6 Å². The van der Waals surface area contributed by atoms with Gasteiger partial charge in [0.25, 0.3) is 0 Å². The molecule has 1 aliphatic heterocycles. The van der Waals surface area contributed by atoms with E-state index in [2.05, 4.69) is 19.2 Å². The molecule has 4 rings (SSSR count). The summed E-state index contributed by atoms with van der Waals surface area (Å²) in [6, 6.07) is 14.5. The molecule has 3 N–H and O–H groups in total. The van der Waals surface area contributed by atoms with Gasteiger partial charge >= 0.3 is 11.9 Å². The number of carbonyl (C=O) groups is 4. The molecule has 0 spiro atoms. The number of fused-ring (bicyclic) bond motifs is 1. The fourth-order valence-electron chi connectivity index (χ4n) is 7.66. The lowest BCUT2D eigenvalue weighted by Crippen LogP contribution is -2.53. The molecule has 0 bridgehead atoms. The van der Waals surface area contributed by atoms with Crippen LogP contribution in [0, 0.1) is 0 Å². The first kappa shape index (κ1) is 49.1. The SMILES string of the molecule is CCCCCC1(CCCCC)O[C@@H]2[C@@H](C=C(C(=O)N(C)[C@H](Cc3ccccc3)C(=O)N[C@H](CO)CCC(=O)OC(C)(C)C)C[C@H]2OC(=O)c2ccccc2C=COCCO)O1. The summed E-state index contributed by atoms with van der Waals surface area (Å²) in [6.45, 7) is 9.11. The molecule has 1 fully saturated rings. The van der Waals surface area contributed by atoms with Gasteiger partial charge in [0.15, 0.2) is 5.79 Å². The number of carbonyl (C=O) groups excluding carboxylic acids is 4. The highest BCUT2D eigenvalue weighted by Crippen LogP contribution is 2.43. The van der Waals surface area contributed by atoms with E-state index in [9.17, 15) is 24.3 Å². The fourth-order valence-corrected chi connectivity index (χ4v) is 7.66. The van der Waals surface area contributed by atoms with Crippen molar-refractivity contribution in [3.63, 3.8) is 0 Å². The number of likely N-dealkylation sites (N-methyl/N-ethyl adjacent to an activating group) is 1. The fraction of sp³-hybridized carbons (Fsp3) is 0.583. The molecule has 336 valence electrons. The maximum absolute atomic E-state index is 14.7. The van der Waals surface area contributed by atoms with Crippen molar-refractivity contribution in [3.8, 4) is 0 Å². The Morgan fingerprint density at radius 3 is 2.26 bits per heavy atom. The van der Waals surface area contributed by atoms with Gasteiger partial charge in [-0.25, -0.2) is 4.79 Å². The number of esters is 2. The minimum atomic E-state index is -1.01. The van der Waals surface area contributed by atoms with Crippen LogP contribution >= 0.6 is 0 Å². The Labute approximate surface area is 361 Å². The van der Waals surface area contributed by atoms with Crippen LogP contribution < -0.4 is 5.32 Å². The number of unbranched alkanes of at least 4 members (excludes halogenated alkanes) is 4. The average molecular weight is 849 g/mol. The van der Waals surface area contributed by atoms with Gasteiger partial charge in [0.05, 0.1) is 31.1 Å². The molecular weight excluding hydrogens is 781 g/mol. The Kier molecular flexibility index (Phi) is 19.5. The molecule has 2 aromatic carbocycles. The second-order valence-corrected chi connectivity index (χ2v) is 16.9. The largest absolute Gasteiger partial charge is 0.499 e. The highest BCUT2D eigenvalue weighted by Gasteiger charge is 2.53. The number of nitrogens with zero attached hydrogens (tertiary/aromatic N) is 1. The van der Waals surface area contributed by atoms with Crippen molar-refractivity contribution in [3.05, 3.63) is 89.2 Å². The van der Waals surface area contributed by atoms with E-state index < -0.39 is 72.1 Å². The minimum Gasteiger partial charge on any atom is -0.499 e. The zero-order chi connectivity index (χ0) is 44.4. The Morgan fingerprint density at radius 2 is 1.62 bits per heavy atom. The van der Waals surface area contributed by atoms with Crippen LogP contribution in [-0.4, -0.2) is 108 Å². The molecule has 1 saturated heterocycles. The van der Waals surface area contributed by atoms with Crippen molar-refractivity contribution in [1.29, 1.82) is 0 Å². The molecule has 2 amide bonds. The topological polar surface area (TPSA) is 170 Å². The predicted molar refractivity (Wildman–Crippen MR) is 232 cm³/mol. The van der Waals surface area contributed by atoms with Crippen LogP contribution in [0.25, 0.3) is 6.08 Å². The van der Waals surface area contributed by atoms with Gasteiger partial charge in [-0.2, -0.15) is 0 Å².